The van der Waals surface area contributed by atoms with E-state index in [-0.39, 0.29) is 18.2 Å². The van der Waals surface area contributed by atoms with Crippen LogP contribution in [0, 0.1) is 0 Å². The number of aromatic nitrogens is 5. The summed E-state index contributed by atoms with van der Waals surface area (Å²) in [5.74, 6) is 0.755. The molecule has 0 unspecified atom stereocenters. The fraction of sp³-hybridized carbons (Fsp3) is 0.321. The molecule has 0 bridgehead atoms. The van der Waals surface area contributed by atoms with Crippen molar-refractivity contribution in [3.05, 3.63) is 77.4 Å². The van der Waals surface area contributed by atoms with Crippen molar-refractivity contribution in [2.75, 3.05) is 43.5 Å². The Kier molecular flexibility index (Phi) is 7.26. The monoisotopic (exact) mass is 544 g/mol. The molecule has 1 aliphatic heterocycles. The Morgan fingerprint density at radius 1 is 1.12 bits per heavy atom. The van der Waals surface area contributed by atoms with Gasteiger partial charge < -0.3 is 25.0 Å². The third kappa shape index (κ3) is 5.25. The van der Waals surface area contributed by atoms with E-state index in [2.05, 4.69) is 31.7 Å². The topological polar surface area (TPSA) is 131 Å². The zero-order valence-corrected chi connectivity index (χ0v) is 22.7. The van der Waals surface area contributed by atoms with Crippen LogP contribution in [0.4, 0.5) is 22.1 Å². The van der Waals surface area contributed by atoms with Crippen molar-refractivity contribution >= 4 is 34.4 Å². The predicted molar refractivity (Wildman–Crippen MR) is 152 cm³/mol. The van der Waals surface area contributed by atoms with Gasteiger partial charge in [0.15, 0.2) is 11.5 Å². The third-order valence-corrected chi connectivity index (χ3v) is 6.76. The lowest BCUT2D eigenvalue weighted by Crippen LogP contribution is -2.48. The summed E-state index contributed by atoms with van der Waals surface area (Å²) in [6, 6.07) is 13.1. The molecule has 1 saturated heterocycles. The molecule has 0 saturated carbocycles. The number of piperazine rings is 1. The van der Waals surface area contributed by atoms with Crippen LogP contribution in [0.25, 0.3) is 16.9 Å². The molecule has 1 fully saturated rings. The molecule has 0 atom stereocenters. The van der Waals surface area contributed by atoms with E-state index < -0.39 is 5.60 Å². The number of nitrogens with one attached hydrogen (secondary N) is 1. The number of carbonyl (C=O) groups excluding carboxylic acids is 1. The quantitative estimate of drug-likeness (QED) is 0.337. The van der Waals surface area contributed by atoms with Crippen LogP contribution in [0.3, 0.4) is 0 Å². The lowest BCUT2D eigenvalue weighted by Gasteiger charge is -2.35. The summed E-state index contributed by atoms with van der Waals surface area (Å²) in [7, 11) is 1.39. The van der Waals surface area contributed by atoms with Gasteiger partial charge in [0, 0.05) is 43.8 Å². The summed E-state index contributed by atoms with van der Waals surface area (Å²) in [4.78, 5) is 42.5. The highest BCUT2D eigenvalue weighted by atomic mass is 16.5. The standard InChI is InChI=1S/C28H32N8O4/c1-5-13-35-25(37)21-18-29-26(32-24(21)36(35)23-8-6-7-22(31-23)28(2,3)39)30-19-9-11-20(12-10-19)33-14-16-34(17-15-33)27(38)40-4/h5-12,18,39H,1,13-17H2,2-4H3,(H,29,30,32). The van der Waals surface area contributed by atoms with Gasteiger partial charge in [-0.05, 0) is 50.2 Å². The maximum absolute atomic E-state index is 13.2. The lowest BCUT2D eigenvalue weighted by molar-refractivity contribution is 0.0738. The van der Waals surface area contributed by atoms with Crippen molar-refractivity contribution < 1.29 is 14.6 Å². The van der Waals surface area contributed by atoms with E-state index in [1.54, 1.807) is 47.7 Å². The van der Waals surface area contributed by atoms with Gasteiger partial charge in [0.25, 0.3) is 5.56 Å². The molecule has 4 heterocycles. The second-order valence-electron chi connectivity index (χ2n) is 9.97. The summed E-state index contributed by atoms with van der Waals surface area (Å²) in [6.07, 6.45) is 2.82. The Labute approximate surface area is 231 Å². The summed E-state index contributed by atoms with van der Waals surface area (Å²) >= 11 is 0. The molecule has 4 aromatic rings. The number of hydrogen-bond donors (Lipinski definition) is 2. The molecule has 2 N–H and O–H groups in total. The van der Waals surface area contributed by atoms with E-state index >= 15 is 0 Å². The minimum absolute atomic E-state index is 0.238. The molecule has 3 aromatic heterocycles. The summed E-state index contributed by atoms with van der Waals surface area (Å²) in [6.45, 7) is 9.95. The molecular weight excluding hydrogens is 512 g/mol. The van der Waals surface area contributed by atoms with Crippen LogP contribution in [0.2, 0.25) is 0 Å². The molecule has 12 heteroatoms. The molecule has 12 nitrogen and oxygen atoms in total. The van der Waals surface area contributed by atoms with Crippen molar-refractivity contribution in [3.8, 4) is 5.82 Å². The Bertz CT molecular complexity index is 1600. The van der Waals surface area contributed by atoms with E-state index in [4.69, 9.17) is 4.74 Å². The molecule has 0 aliphatic carbocycles. The normalized spacial score (nSPS) is 13.9. The second-order valence-corrected chi connectivity index (χ2v) is 9.97. The Morgan fingerprint density at radius 3 is 2.50 bits per heavy atom. The molecule has 1 aromatic carbocycles. The first-order chi connectivity index (χ1) is 19.2. The van der Waals surface area contributed by atoms with E-state index in [0.29, 0.717) is 54.7 Å². The highest BCUT2D eigenvalue weighted by molar-refractivity contribution is 5.77. The van der Waals surface area contributed by atoms with Gasteiger partial charge in [0.05, 0.1) is 19.3 Å². The molecule has 40 heavy (non-hydrogen) atoms. The zero-order valence-electron chi connectivity index (χ0n) is 22.7. The molecule has 5 rings (SSSR count). The number of aliphatic hydroxyl groups is 1. The van der Waals surface area contributed by atoms with Gasteiger partial charge in [-0.3, -0.25) is 4.79 Å². The van der Waals surface area contributed by atoms with Crippen LogP contribution in [0.1, 0.15) is 19.5 Å². The maximum Gasteiger partial charge on any atom is 0.409 e. The number of carbonyl (C=O) groups is 1. The van der Waals surface area contributed by atoms with E-state index in [0.717, 1.165) is 11.4 Å². The lowest BCUT2D eigenvalue weighted by atomic mass is 10.1. The number of amides is 1. The Hall–Kier alpha value is -4.71. The highest BCUT2D eigenvalue weighted by Gasteiger charge is 2.23. The van der Waals surface area contributed by atoms with Gasteiger partial charge in [0.1, 0.15) is 11.0 Å². The summed E-state index contributed by atoms with van der Waals surface area (Å²) in [5.41, 5.74) is 1.23. The van der Waals surface area contributed by atoms with Crippen LogP contribution >= 0.6 is 0 Å². The number of benzene rings is 1. The number of anilines is 3. The number of pyridine rings is 1. The fourth-order valence-corrected chi connectivity index (χ4v) is 4.65. The number of ether oxygens (including phenoxy) is 1. The summed E-state index contributed by atoms with van der Waals surface area (Å²) in [5, 5.41) is 14.0. The number of hydrogen-bond acceptors (Lipinski definition) is 9. The predicted octanol–water partition coefficient (Wildman–Crippen LogP) is 3.02. The molecule has 208 valence electrons. The van der Waals surface area contributed by atoms with Gasteiger partial charge in [-0.25, -0.2) is 24.1 Å². The van der Waals surface area contributed by atoms with Crippen molar-refractivity contribution in [1.82, 2.24) is 29.2 Å². The fourth-order valence-electron chi connectivity index (χ4n) is 4.65. The smallest absolute Gasteiger partial charge is 0.409 e. The van der Waals surface area contributed by atoms with Gasteiger partial charge in [-0.15, -0.1) is 6.58 Å². The average Bonchev–Trinajstić information content (AvgIpc) is 3.23. The highest BCUT2D eigenvalue weighted by Crippen LogP contribution is 2.24. The minimum Gasteiger partial charge on any atom is -0.453 e. The third-order valence-electron chi connectivity index (χ3n) is 6.76. The van der Waals surface area contributed by atoms with Crippen molar-refractivity contribution in [2.24, 2.45) is 0 Å². The van der Waals surface area contributed by atoms with Crippen LogP contribution < -0.4 is 15.8 Å². The number of methoxy groups -OCH3 is 1. The van der Waals surface area contributed by atoms with Gasteiger partial charge in [-0.2, -0.15) is 4.98 Å². The largest absolute Gasteiger partial charge is 0.453 e. The van der Waals surface area contributed by atoms with E-state index in [9.17, 15) is 14.7 Å². The van der Waals surface area contributed by atoms with Gasteiger partial charge in [-0.1, -0.05) is 12.1 Å². The molecule has 1 amide bonds. The second kappa shape index (κ2) is 10.8. The Morgan fingerprint density at radius 2 is 1.85 bits per heavy atom. The number of rotatable bonds is 7. The summed E-state index contributed by atoms with van der Waals surface area (Å²) < 4.78 is 7.92. The molecule has 1 aliphatic rings. The van der Waals surface area contributed by atoms with Crippen LogP contribution in [0.15, 0.2) is 66.1 Å². The molecular formula is C28H32N8O4. The first-order valence-electron chi connectivity index (χ1n) is 12.9. The number of allylic oxidation sites excluding steroid dienone is 1. The zero-order chi connectivity index (χ0) is 28.4. The molecule has 0 spiro atoms. The number of nitrogens with zero attached hydrogens (tertiary/aromatic N) is 7. The van der Waals surface area contributed by atoms with Gasteiger partial charge >= 0.3 is 6.09 Å². The van der Waals surface area contributed by atoms with Crippen LogP contribution in [-0.2, 0) is 16.9 Å². The van der Waals surface area contributed by atoms with E-state index in [1.807, 2.05) is 24.3 Å². The minimum atomic E-state index is -1.16. The number of fused-ring (bicyclic) bond motifs is 1. The van der Waals surface area contributed by atoms with Crippen LogP contribution in [0.5, 0.6) is 0 Å². The van der Waals surface area contributed by atoms with E-state index in [1.165, 1.54) is 18.0 Å². The van der Waals surface area contributed by atoms with Crippen molar-refractivity contribution in [3.63, 3.8) is 0 Å². The van der Waals surface area contributed by atoms with Crippen molar-refractivity contribution in [1.29, 1.82) is 0 Å². The van der Waals surface area contributed by atoms with Crippen LogP contribution in [-0.4, -0.2) is 73.7 Å². The first-order valence-corrected chi connectivity index (χ1v) is 12.9. The van der Waals surface area contributed by atoms with Crippen molar-refractivity contribution in [2.45, 2.75) is 26.0 Å². The first kappa shape index (κ1) is 26.9. The average molecular weight is 545 g/mol. The Balaban J connectivity index is 1.42. The molecule has 0 radical (unpaired) electrons. The van der Waals surface area contributed by atoms with Gasteiger partial charge in [0.2, 0.25) is 5.95 Å². The maximum atomic E-state index is 13.2. The SMILES string of the molecule is C=CCn1c(=O)c2cnc(Nc3ccc(N4CCN(C(=O)OC)CC4)cc3)nc2n1-c1cccc(C(C)(C)O)n1.